The number of hydrogen-bond acceptors (Lipinski definition) is 3. The molecule has 2 rings (SSSR count). The predicted octanol–water partition coefficient (Wildman–Crippen LogP) is 4.21. The first-order chi connectivity index (χ1) is 14.7. The Labute approximate surface area is 190 Å². The van der Waals surface area contributed by atoms with Crippen molar-refractivity contribution in [3.8, 4) is 0 Å². The zero-order valence-corrected chi connectivity index (χ0v) is 18.8. The fraction of sp³-hybridized carbons (Fsp3) is 0.364. The maximum atomic E-state index is 12.7. The van der Waals surface area contributed by atoms with Gasteiger partial charge in [-0.2, -0.15) is 18.2 Å². The first-order valence-electron chi connectivity index (χ1n) is 9.86. The fourth-order valence-electron chi connectivity index (χ4n) is 2.80. The average Bonchev–Trinajstić information content (AvgIpc) is 2.65. The summed E-state index contributed by atoms with van der Waals surface area (Å²) >= 11 is 6.00. The molecule has 0 aliphatic heterocycles. The van der Waals surface area contributed by atoms with Gasteiger partial charge in [0.15, 0.2) is 0 Å². The van der Waals surface area contributed by atoms with E-state index in [9.17, 15) is 18.0 Å². The van der Waals surface area contributed by atoms with Crippen molar-refractivity contribution in [2.75, 3.05) is 0 Å². The lowest BCUT2D eigenvalue weighted by Crippen LogP contribution is -2.54. The molecule has 0 aromatic heterocycles. The third-order valence-corrected chi connectivity index (χ3v) is 4.51. The minimum Gasteiger partial charge on any atom is -0.351 e. The highest BCUT2D eigenvalue weighted by molar-refractivity contribution is 6.30. The maximum Gasteiger partial charge on any atom is 0.416 e. The summed E-state index contributed by atoms with van der Waals surface area (Å²) in [6.45, 7) is 5.57. The molecule has 2 unspecified atom stereocenters. The van der Waals surface area contributed by atoms with Gasteiger partial charge >= 0.3 is 6.18 Å². The molecule has 0 spiro atoms. The van der Waals surface area contributed by atoms with E-state index >= 15 is 0 Å². The SMILES string of the molecule is CC(C)(C)N/C(=N/C(=O)c1ccc(C(F)(F)F)cc1)NC(N)CC(N)c1cccc(Cl)c1. The molecule has 0 saturated carbocycles. The van der Waals surface area contributed by atoms with Crippen molar-refractivity contribution in [2.24, 2.45) is 16.5 Å². The number of rotatable bonds is 5. The molecule has 6 N–H and O–H groups in total. The second kappa shape index (κ2) is 10.3. The molecule has 32 heavy (non-hydrogen) atoms. The third kappa shape index (κ3) is 8.14. The van der Waals surface area contributed by atoms with Crippen molar-refractivity contribution in [3.63, 3.8) is 0 Å². The van der Waals surface area contributed by atoms with Crippen molar-refractivity contribution >= 4 is 23.5 Å². The number of nitrogens with two attached hydrogens (primary N) is 2. The standard InChI is InChI=1S/C22H27ClF3N5O/c1-21(2,3)31-20(29-18(28)12-17(27)14-5-4-6-16(23)11-14)30-19(32)13-7-9-15(10-8-13)22(24,25)26/h4-11,17-18H,12,27-28H2,1-3H3,(H2,29,30,31,32). The van der Waals surface area contributed by atoms with Crippen LogP contribution in [0.3, 0.4) is 0 Å². The third-order valence-electron chi connectivity index (χ3n) is 4.27. The van der Waals surface area contributed by atoms with Crippen LogP contribution < -0.4 is 22.1 Å². The molecule has 2 atom stereocenters. The summed E-state index contributed by atoms with van der Waals surface area (Å²) in [5.41, 5.74) is 11.9. The summed E-state index contributed by atoms with van der Waals surface area (Å²) < 4.78 is 38.2. The number of hydrogen-bond donors (Lipinski definition) is 4. The van der Waals surface area contributed by atoms with Crippen LogP contribution in [0.4, 0.5) is 13.2 Å². The molecular formula is C22H27ClF3N5O. The summed E-state index contributed by atoms with van der Waals surface area (Å²) in [7, 11) is 0. The van der Waals surface area contributed by atoms with Gasteiger partial charge < -0.3 is 22.1 Å². The summed E-state index contributed by atoms with van der Waals surface area (Å²) in [5, 5.41) is 6.52. The van der Waals surface area contributed by atoms with Crippen LogP contribution in [0.25, 0.3) is 0 Å². The highest BCUT2D eigenvalue weighted by atomic mass is 35.5. The molecule has 0 bridgehead atoms. The number of guanidine groups is 1. The lowest BCUT2D eigenvalue weighted by Gasteiger charge is -2.27. The molecule has 10 heteroatoms. The van der Waals surface area contributed by atoms with Crippen LogP contribution in [0, 0.1) is 0 Å². The summed E-state index contributed by atoms with van der Waals surface area (Å²) in [4.78, 5) is 16.5. The minimum absolute atomic E-state index is 0.0113. The van der Waals surface area contributed by atoms with Gasteiger partial charge in [-0.05, 0) is 69.2 Å². The Morgan fingerprint density at radius 1 is 1.09 bits per heavy atom. The van der Waals surface area contributed by atoms with Crippen molar-refractivity contribution in [1.82, 2.24) is 10.6 Å². The van der Waals surface area contributed by atoms with E-state index in [1.807, 2.05) is 26.8 Å². The van der Waals surface area contributed by atoms with E-state index in [2.05, 4.69) is 15.6 Å². The second-order valence-corrected chi connectivity index (χ2v) is 8.80. The van der Waals surface area contributed by atoms with Crippen LogP contribution in [0.1, 0.15) is 54.7 Å². The van der Waals surface area contributed by atoms with Gasteiger partial charge in [0.05, 0.1) is 11.7 Å². The Hall–Kier alpha value is -2.62. The summed E-state index contributed by atoms with van der Waals surface area (Å²) in [5.74, 6) is -0.627. The van der Waals surface area contributed by atoms with Gasteiger partial charge in [0.25, 0.3) is 5.91 Å². The number of amides is 1. The first kappa shape index (κ1) is 25.6. The largest absolute Gasteiger partial charge is 0.416 e. The molecule has 2 aromatic carbocycles. The van der Waals surface area contributed by atoms with Crippen molar-refractivity contribution in [1.29, 1.82) is 0 Å². The number of nitrogens with zero attached hydrogens (tertiary/aromatic N) is 1. The summed E-state index contributed by atoms with van der Waals surface area (Å²) in [6.07, 6.45) is -4.85. The number of benzene rings is 2. The van der Waals surface area contributed by atoms with Crippen molar-refractivity contribution in [2.45, 2.75) is 51.1 Å². The molecule has 0 heterocycles. The average molecular weight is 470 g/mol. The second-order valence-electron chi connectivity index (χ2n) is 8.36. The molecule has 0 aliphatic carbocycles. The fourth-order valence-corrected chi connectivity index (χ4v) is 3.00. The van der Waals surface area contributed by atoms with E-state index in [-0.39, 0.29) is 11.5 Å². The minimum atomic E-state index is -4.49. The van der Waals surface area contributed by atoms with Gasteiger partial charge in [-0.25, -0.2) is 0 Å². The number of nitrogens with one attached hydrogen (secondary N) is 2. The van der Waals surface area contributed by atoms with Crippen LogP contribution >= 0.6 is 11.6 Å². The number of carbonyl (C=O) groups is 1. The van der Waals surface area contributed by atoms with Crippen LogP contribution in [0.15, 0.2) is 53.5 Å². The lowest BCUT2D eigenvalue weighted by molar-refractivity contribution is -0.137. The molecule has 2 aromatic rings. The van der Waals surface area contributed by atoms with Gasteiger partial charge in [-0.15, -0.1) is 0 Å². The number of aliphatic imine (C=N–C) groups is 1. The normalized spacial score (nSPS) is 14.6. The molecule has 0 fully saturated rings. The van der Waals surface area contributed by atoms with E-state index in [1.165, 1.54) is 0 Å². The molecule has 0 radical (unpaired) electrons. The molecule has 0 aliphatic rings. The van der Waals surface area contributed by atoms with Crippen molar-refractivity contribution in [3.05, 3.63) is 70.2 Å². The Kier molecular flexibility index (Phi) is 8.28. The highest BCUT2D eigenvalue weighted by Gasteiger charge is 2.30. The number of carbonyl (C=O) groups excluding carboxylic acids is 1. The summed E-state index contributed by atoms with van der Waals surface area (Å²) in [6, 6.07) is 10.5. The number of halogens is 4. The quantitative estimate of drug-likeness (QED) is 0.298. The lowest BCUT2D eigenvalue weighted by atomic mass is 10.0. The van der Waals surface area contributed by atoms with Crippen LogP contribution in [0.5, 0.6) is 0 Å². The Balaban J connectivity index is 2.16. The van der Waals surface area contributed by atoms with E-state index in [1.54, 1.807) is 18.2 Å². The number of alkyl halides is 3. The zero-order chi connectivity index (χ0) is 24.1. The zero-order valence-electron chi connectivity index (χ0n) is 18.0. The van der Waals surface area contributed by atoms with E-state index in [0.717, 1.165) is 29.8 Å². The molecule has 1 amide bonds. The monoisotopic (exact) mass is 469 g/mol. The maximum absolute atomic E-state index is 12.7. The Morgan fingerprint density at radius 2 is 1.72 bits per heavy atom. The van der Waals surface area contributed by atoms with Crippen molar-refractivity contribution < 1.29 is 18.0 Å². The van der Waals surface area contributed by atoms with Crippen LogP contribution in [0.2, 0.25) is 5.02 Å². The van der Waals surface area contributed by atoms with Gasteiger partial charge in [0.1, 0.15) is 0 Å². The van der Waals surface area contributed by atoms with Crippen LogP contribution in [-0.4, -0.2) is 23.6 Å². The topological polar surface area (TPSA) is 106 Å². The van der Waals surface area contributed by atoms with Crippen LogP contribution in [-0.2, 0) is 6.18 Å². The predicted molar refractivity (Wildman–Crippen MR) is 120 cm³/mol. The Bertz CT molecular complexity index is 955. The molecular weight excluding hydrogens is 443 g/mol. The van der Waals surface area contributed by atoms with Gasteiger partial charge in [0, 0.05) is 22.2 Å². The van der Waals surface area contributed by atoms with Gasteiger partial charge in [-0.3, -0.25) is 4.79 Å². The molecule has 174 valence electrons. The van der Waals surface area contributed by atoms with E-state index in [4.69, 9.17) is 23.1 Å². The van der Waals surface area contributed by atoms with E-state index in [0.29, 0.717) is 11.4 Å². The first-order valence-corrected chi connectivity index (χ1v) is 10.2. The highest BCUT2D eigenvalue weighted by Crippen LogP contribution is 2.29. The van der Waals surface area contributed by atoms with Gasteiger partial charge in [0.2, 0.25) is 5.96 Å². The Morgan fingerprint density at radius 3 is 2.25 bits per heavy atom. The molecule has 0 saturated heterocycles. The van der Waals surface area contributed by atoms with E-state index < -0.39 is 35.4 Å². The smallest absolute Gasteiger partial charge is 0.351 e. The molecule has 6 nitrogen and oxygen atoms in total. The van der Waals surface area contributed by atoms with Gasteiger partial charge in [-0.1, -0.05) is 23.7 Å².